The van der Waals surface area contributed by atoms with E-state index in [0.29, 0.717) is 6.42 Å². The van der Waals surface area contributed by atoms with E-state index in [9.17, 15) is 4.79 Å². The Morgan fingerprint density at radius 2 is 1.76 bits per heavy atom. The average molecular weight is 396 g/mol. The number of nitrogens with one attached hydrogen (secondary N) is 2. The van der Waals surface area contributed by atoms with Crippen LogP contribution >= 0.6 is 0 Å². The zero-order valence-corrected chi connectivity index (χ0v) is 17.9. The normalized spacial score (nSPS) is 14.7. The van der Waals surface area contributed by atoms with Crippen LogP contribution in [-0.2, 0) is 22.6 Å². The molecule has 3 rings (SSSR count). The predicted octanol–water partition coefficient (Wildman–Crippen LogP) is 3.56. The summed E-state index contributed by atoms with van der Waals surface area (Å²) >= 11 is 0. The van der Waals surface area contributed by atoms with E-state index in [4.69, 9.17) is 4.74 Å². The summed E-state index contributed by atoms with van der Waals surface area (Å²) in [5, 5.41) is 6.57. The molecule has 156 valence electrons. The summed E-state index contributed by atoms with van der Waals surface area (Å²) in [5.41, 5.74) is 7.36. The van der Waals surface area contributed by atoms with Crippen LogP contribution in [0.1, 0.15) is 34.2 Å². The van der Waals surface area contributed by atoms with E-state index in [0.717, 1.165) is 51.6 Å². The van der Waals surface area contributed by atoms with Gasteiger partial charge in [0.2, 0.25) is 5.91 Å². The van der Waals surface area contributed by atoms with Gasteiger partial charge in [0.1, 0.15) is 0 Å². The van der Waals surface area contributed by atoms with Crippen LogP contribution in [0.2, 0.25) is 0 Å². The molecule has 2 aromatic rings. The molecule has 1 amide bonds. The summed E-state index contributed by atoms with van der Waals surface area (Å²) < 4.78 is 5.35. The lowest BCUT2D eigenvalue weighted by atomic mass is 10.00. The van der Waals surface area contributed by atoms with Crippen molar-refractivity contribution >= 4 is 11.6 Å². The Kier molecular flexibility index (Phi) is 7.81. The Balaban J connectivity index is 1.47. The number of carbonyl (C=O) groups excluding carboxylic acids is 1. The van der Waals surface area contributed by atoms with Crippen LogP contribution < -0.4 is 10.6 Å². The van der Waals surface area contributed by atoms with Crippen LogP contribution in [0, 0.1) is 20.8 Å². The number of rotatable bonds is 8. The van der Waals surface area contributed by atoms with Gasteiger partial charge in [-0.2, -0.15) is 0 Å². The van der Waals surface area contributed by atoms with Gasteiger partial charge >= 0.3 is 0 Å². The topological polar surface area (TPSA) is 53.6 Å². The zero-order chi connectivity index (χ0) is 20.6. The van der Waals surface area contributed by atoms with E-state index in [1.807, 2.05) is 12.1 Å². The highest BCUT2D eigenvalue weighted by Crippen LogP contribution is 2.17. The van der Waals surface area contributed by atoms with Crippen molar-refractivity contribution in [2.75, 3.05) is 38.2 Å². The molecule has 29 heavy (non-hydrogen) atoms. The lowest BCUT2D eigenvalue weighted by molar-refractivity contribution is -0.116. The number of nitrogens with zero attached hydrogens (tertiary/aromatic N) is 1. The highest BCUT2D eigenvalue weighted by molar-refractivity contribution is 5.90. The van der Waals surface area contributed by atoms with Gasteiger partial charge in [0.25, 0.3) is 0 Å². The second-order valence-electron chi connectivity index (χ2n) is 7.93. The van der Waals surface area contributed by atoms with Crippen molar-refractivity contribution in [1.29, 1.82) is 0 Å². The lowest BCUT2D eigenvalue weighted by Gasteiger charge is -2.26. The largest absolute Gasteiger partial charge is 0.379 e. The fraction of sp³-hybridized carbons (Fsp3) is 0.458. The van der Waals surface area contributed by atoms with E-state index < -0.39 is 0 Å². The van der Waals surface area contributed by atoms with Crippen molar-refractivity contribution in [2.45, 2.75) is 40.3 Å². The third-order valence-corrected chi connectivity index (χ3v) is 5.44. The molecule has 5 nitrogen and oxygen atoms in total. The van der Waals surface area contributed by atoms with Crippen molar-refractivity contribution in [3.8, 4) is 0 Å². The molecule has 2 aromatic carbocycles. The van der Waals surface area contributed by atoms with Crippen molar-refractivity contribution in [3.63, 3.8) is 0 Å². The van der Waals surface area contributed by atoms with Gasteiger partial charge in [-0.3, -0.25) is 9.69 Å². The molecule has 1 saturated heterocycles. The molecule has 1 aliphatic heterocycles. The molecule has 1 fully saturated rings. The van der Waals surface area contributed by atoms with Gasteiger partial charge in [-0.15, -0.1) is 0 Å². The van der Waals surface area contributed by atoms with Gasteiger partial charge < -0.3 is 15.4 Å². The van der Waals surface area contributed by atoms with Gasteiger partial charge in [0.15, 0.2) is 0 Å². The Morgan fingerprint density at radius 1 is 1.03 bits per heavy atom. The lowest BCUT2D eigenvalue weighted by Crippen LogP contribution is -2.38. The molecule has 0 unspecified atom stereocenters. The van der Waals surface area contributed by atoms with Crippen molar-refractivity contribution in [3.05, 3.63) is 64.2 Å². The first-order valence-corrected chi connectivity index (χ1v) is 10.5. The first-order chi connectivity index (χ1) is 14.0. The summed E-state index contributed by atoms with van der Waals surface area (Å²) in [4.78, 5) is 14.6. The fourth-order valence-electron chi connectivity index (χ4n) is 3.89. The minimum absolute atomic E-state index is 0.0625. The monoisotopic (exact) mass is 395 g/mol. The number of aryl methyl sites for hydroxylation is 3. The molecule has 2 N–H and O–H groups in total. The molecule has 0 spiro atoms. The molecule has 0 saturated carbocycles. The van der Waals surface area contributed by atoms with Crippen LogP contribution in [0.4, 0.5) is 5.69 Å². The zero-order valence-electron chi connectivity index (χ0n) is 17.9. The maximum Gasteiger partial charge on any atom is 0.225 e. The van der Waals surface area contributed by atoms with Crippen molar-refractivity contribution in [1.82, 2.24) is 10.2 Å². The number of hydrogen-bond donors (Lipinski definition) is 2. The van der Waals surface area contributed by atoms with E-state index >= 15 is 0 Å². The number of ether oxygens (including phenoxy) is 1. The van der Waals surface area contributed by atoms with E-state index in [2.05, 4.69) is 60.6 Å². The van der Waals surface area contributed by atoms with Gasteiger partial charge in [-0.05, 0) is 55.2 Å². The molecule has 0 radical (unpaired) electrons. The maximum absolute atomic E-state index is 12.3. The summed E-state index contributed by atoms with van der Waals surface area (Å²) in [5.74, 6) is 0.0625. The second kappa shape index (κ2) is 10.5. The van der Waals surface area contributed by atoms with E-state index in [-0.39, 0.29) is 5.91 Å². The van der Waals surface area contributed by atoms with Crippen LogP contribution in [0.15, 0.2) is 36.4 Å². The molecular weight excluding hydrogens is 362 g/mol. The molecule has 0 aromatic heterocycles. The highest BCUT2D eigenvalue weighted by atomic mass is 16.5. The maximum atomic E-state index is 12.3. The molecule has 0 atom stereocenters. The van der Waals surface area contributed by atoms with Crippen LogP contribution in [0.3, 0.4) is 0 Å². The standard InChI is InChI=1S/C24H33N3O2/c1-18-13-19(2)23(20(3)14-18)17-25-16-21-5-4-6-22(15-21)26-24(28)7-8-27-9-11-29-12-10-27/h4-6,13-15,25H,7-12,16-17H2,1-3H3,(H,26,28). The number of morpholine rings is 1. The Hall–Kier alpha value is -2.21. The van der Waals surface area contributed by atoms with Gasteiger partial charge in [-0.25, -0.2) is 0 Å². The SMILES string of the molecule is Cc1cc(C)c(CNCc2cccc(NC(=O)CCN3CCOCC3)c2)c(C)c1. The highest BCUT2D eigenvalue weighted by Gasteiger charge is 2.12. The molecule has 0 aliphatic carbocycles. The van der Waals surface area contributed by atoms with E-state index in [1.165, 1.54) is 27.8 Å². The first kappa shape index (κ1) is 21.5. The van der Waals surface area contributed by atoms with Crippen LogP contribution in [0.25, 0.3) is 0 Å². The predicted molar refractivity (Wildman–Crippen MR) is 118 cm³/mol. The molecule has 1 aliphatic rings. The molecule has 0 bridgehead atoms. The summed E-state index contributed by atoms with van der Waals surface area (Å²) in [7, 11) is 0. The third kappa shape index (κ3) is 6.67. The Morgan fingerprint density at radius 3 is 2.48 bits per heavy atom. The van der Waals surface area contributed by atoms with Crippen LogP contribution in [-0.4, -0.2) is 43.7 Å². The molecule has 5 heteroatoms. The summed E-state index contributed by atoms with van der Waals surface area (Å²) in [6, 6.07) is 12.6. The minimum Gasteiger partial charge on any atom is -0.379 e. The Bertz CT molecular complexity index is 806. The Labute approximate surface area is 174 Å². The fourth-order valence-corrected chi connectivity index (χ4v) is 3.89. The number of anilines is 1. The van der Waals surface area contributed by atoms with E-state index in [1.54, 1.807) is 0 Å². The number of amides is 1. The minimum atomic E-state index is 0.0625. The molecular formula is C24H33N3O2. The van der Waals surface area contributed by atoms with Gasteiger partial charge in [0, 0.05) is 44.8 Å². The quantitative estimate of drug-likeness (QED) is 0.718. The van der Waals surface area contributed by atoms with Gasteiger partial charge in [0.05, 0.1) is 13.2 Å². The smallest absolute Gasteiger partial charge is 0.225 e. The number of hydrogen-bond acceptors (Lipinski definition) is 4. The van der Waals surface area contributed by atoms with Gasteiger partial charge in [-0.1, -0.05) is 29.8 Å². The van der Waals surface area contributed by atoms with Crippen LogP contribution in [0.5, 0.6) is 0 Å². The summed E-state index contributed by atoms with van der Waals surface area (Å²) in [6.07, 6.45) is 0.508. The number of benzene rings is 2. The second-order valence-corrected chi connectivity index (χ2v) is 7.93. The summed E-state index contributed by atoms with van der Waals surface area (Å²) in [6.45, 7) is 12.2. The first-order valence-electron chi connectivity index (χ1n) is 10.5. The number of carbonyl (C=O) groups is 1. The third-order valence-electron chi connectivity index (χ3n) is 5.44. The molecule has 1 heterocycles. The average Bonchev–Trinajstić information content (AvgIpc) is 2.69. The van der Waals surface area contributed by atoms with Crippen molar-refractivity contribution in [2.24, 2.45) is 0 Å². The van der Waals surface area contributed by atoms with Crippen molar-refractivity contribution < 1.29 is 9.53 Å².